The van der Waals surface area contributed by atoms with E-state index in [9.17, 15) is 19.2 Å². The minimum Gasteiger partial charge on any atom is -0.342 e. The van der Waals surface area contributed by atoms with Gasteiger partial charge in [0.1, 0.15) is 12.4 Å². The Balaban J connectivity index is 1.52. The zero-order valence-electron chi connectivity index (χ0n) is 26.0. The standard InChI is InChI=1S/C34H42N6O4/c1-5-25-13-14-29(18-28(25)19-31(42)38-30-12-8-9-16-36-30)37-32(43)22-40(21-27-11-7-6-10-26(27)20-35-4)33(44)34(3)15-17-39(23-34)24(2)41/h6-14,16,18,35H,5,15,17,19-23H2,1-4H3,(H,37,43)(H,36,38,42). The molecule has 0 saturated carbocycles. The summed E-state index contributed by atoms with van der Waals surface area (Å²) in [5.41, 5.74) is 3.55. The van der Waals surface area contributed by atoms with Crippen LogP contribution in [0.25, 0.3) is 0 Å². The minimum atomic E-state index is -0.791. The Labute approximate surface area is 259 Å². The van der Waals surface area contributed by atoms with E-state index in [0.29, 0.717) is 37.6 Å². The zero-order valence-corrected chi connectivity index (χ0v) is 26.0. The van der Waals surface area contributed by atoms with Crippen LogP contribution in [0.15, 0.2) is 66.9 Å². The van der Waals surface area contributed by atoms with Crippen molar-refractivity contribution < 1.29 is 19.2 Å². The predicted molar refractivity (Wildman–Crippen MR) is 171 cm³/mol. The van der Waals surface area contributed by atoms with E-state index in [1.54, 1.807) is 34.2 Å². The zero-order chi connectivity index (χ0) is 31.7. The van der Waals surface area contributed by atoms with E-state index in [4.69, 9.17) is 0 Å². The van der Waals surface area contributed by atoms with Gasteiger partial charge in [0, 0.05) is 45.0 Å². The molecule has 10 heteroatoms. The molecule has 3 N–H and O–H groups in total. The molecule has 0 spiro atoms. The van der Waals surface area contributed by atoms with Crippen molar-refractivity contribution in [3.8, 4) is 0 Å². The number of nitrogens with one attached hydrogen (secondary N) is 3. The van der Waals surface area contributed by atoms with E-state index in [-0.39, 0.29) is 43.1 Å². The van der Waals surface area contributed by atoms with Crippen molar-refractivity contribution in [3.05, 3.63) is 89.1 Å². The van der Waals surface area contributed by atoms with Crippen LogP contribution in [0.2, 0.25) is 0 Å². The van der Waals surface area contributed by atoms with E-state index in [1.807, 2.05) is 63.4 Å². The van der Waals surface area contributed by atoms with Crippen molar-refractivity contribution in [1.82, 2.24) is 20.1 Å². The smallest absolute Gasteiger partial charge is 0.244 e. The van der Waals surface area contributed by atoms with E-state index < -0.39 is 5.41 Å². The van der Waals surface area contributed by atoms with Crippen molar-refractivity contribution in [1.29, 1.82) is 0 Å². The van der Waals surface area contributed by atoms with Gasteiger partial charge < -0.3 is 25.8 Å². The number of carbonyl (C=O) groups is 4. The van der Waals surface area contributed by atoms with E-state index in [1.165, 1.54) is 6.92 Å². The Morgan fingerprint density at radius 1 is 0.932 bits per heavy atom. The molecule has 2 aromatic carbocycles. The lowest BCUT2D eigenvalue weighted by molar-refractivity contribution is -0.144. The van der Waals surface area contributed by atoms with Crippen molar-refractivity contribution >= 4 is 35.1 Å². The van der Waals surface area contributed by atoms with Gasteiger partial charge in [-0.15, -0.1) is 0 Å². The first kappa shape index (κ1) is 32.3. The van der Waals surface area contributed by atoms with Gasteiger partial charge in [-0.1, -0.05) is 43.3 Å². The summed E-state index contributed by atoms with van der Waals surface area (Å²) in [6.45, 7) is 6.94. The number of anilines is 2. The molecule has 1 aliphatic heterocycles. The normalized spacial score (nSPS) is 16.0. The highest BCUT2D eigenvalue weighted by Crippen LogP contribution is 2.33. The largest absolute Gasteiger partial charge is 0.342 e. The van der Waals surface area contributed by atoms with Gasteiger partial charge in [0.15, 0.2) is 0 Å². The molecule has 1 aliphatic rings. The van der Waals surface area contributed by atoms with Crippen LogP contribution in [0.3, 0.4) is 0 Å². The summed E-state index contributed by atoms with van der Waals surface area (Å²) in [6, 6.07) is 18.7. The molecule has 1 atom stereocenters. The van der Waals surface area contributed by atoms with Crippen molar-refractivity contribution in [2.24, 2.45) is 5.41 Å². The number of rotatable bonds is 12. The lowest BCUT2D eigenvalue weighted by Gasteiger charge is -2.32. The first-order valence-corrected chi connectivity index (χ1v) is 15.0. The van der Waals surface area contributed by atoms with Gasteiger partial charge in [-0.3, -0.25) is 19.2 Å². The second-order valence-electron chi connectivity index (χ2n) is 11.5. The van der Waals surface area contributed by atoms with Gasteiger partial charge in [0.05, 0.1) is 11.8 Å². The summed E-state index contributed by atoms with van der Waals surface area (Å²) in [5.74, 6) is -0.302. The summed E-state index contributed by atoms with van der Waals surface area (Å²) in [4.78, 5) is 59.8. The van der Waals surface area contributed by atoms with Gasteiger partial charge in [-0.05, 0) is 73.3 Å². The number of pyridine rings is 1. The number of hydrogen-bond acceptors (Lipinski definition) is 6. The van der Waals surface area contributed by atoms with E-state index in [2.05, 4.69) is 20.9 Å². The van der Waals surface area contributed by atoms with Gasteiger partial charge in [-0.25, -0.2) is 4.98 Å². The average molecular weight is 599 g/mol. The van der Waals surface area contributed by atoms with Crippen molar-refractivity contribution in [2.45, 2.75) is 53.1 Å². The fraction of sp³-hybridized carbons (Fsp3) is 0.382. The maximum absolute atomic E-state index is 14.0. The number of nitrogens with zero attached hydrogens (tertiary/aromatic N) is 3. The van der Waals surface area contributed by atoms with E-state index >= 15 is 0 Å². The third-order valence-corrected chi connectivity index (χ3v) is 8.06. The Hall–Kier alpha value is -4.57. The van der Waals surface area contributed by atoms with Gasteiger partial charge >= 0.3 is 0 Å². The topological polar surface area (TPSA) is 124 Å². The first-order chi connectivity index (χ1) is 21.1. The molecular weight excluding hydrogens is 556 g/mol. The Morgan fingerprint density at radius 3 is 2.34 bits per heavy atom. The number of likely N-dealkylation sites (tertiary alicyclic amines) is 1. The fourth-order valence-corrected chi connectivity index (χ4v) is 5.65. The molecule has 232 valence electrons. The molecule has 0 aliphatic carbocycles. The molecule has 1 saturated heterocycles. The van der Waals surface area contributed by atoms with Crippen molar-refractivity contribution in [3.63, 3.8) is 0 Å². The summed E-state index contributed by atoms with van der Waals surface area (Å²) < 4.78 is 0. The van der Waals surface area contributed by atoms with E-state index in [0.717, 1.165) is 28.7 Å². The number of aromatic nitrogens is 1. The SMILES string of the molecule is CCc1ccc(NC(=O)CN(Cc2ccccc2CNC)C(=O)C2(C)CCN(C(C)=O)C2)cc1CC(=O)Nc1ccccn1. The molecule has 1 unspecified atom stereocenters. The molecule has 10 nitrogen and oxygen atoms in total. The fourth-order valence-electron chi connectivity index (χ4n) is 5.65. The van der Waals surface area contributed by atoms with Gasteiger partial charge in [0.2, 0.25) is 23.6 Å². The monoisotopic (exact) mass is 598 g/mol. The second kappa shape index (κ2) is 14.7. The maximum Gasteiger partial charge on any atom is 0.244 e. The van der Waals surface area contributed by atoms with Crippen LogP contribution in [0.4, 0.5) is 11.5 Å². The first-order valence-electron chi connectivity index (χ1n) is 15.0. The number of carbonyl (C=O) groups excluding carboxylic acids is 4. The molecule has 4 rings (SSSR count). The Bertz CT molecular complexity index is 1490. The van der Waals surface area contributed by atoms with Crippen LogP contribution >= 0.6 is 0 Å². The molecule has 0 radical (unpaired) electrons. The summed E-state index contributed by atoms with van der Waals surface area (Å²) in [5, 5.41) is 8.91. The quantitative estimate of drug-likeness (QED) is 0.292. The molecular formula is C34H42N6O4. The molecule has 3 aromatic rings. The van der Waals surface area contributed by atoms with Gasteiger partial charge in [0.25, 0.3) is 0 Å². The summed E-state index contributed by atoms with van der Waals surface area (Å²) in [7, 11) is 1.86. The highest BCUT2D eigenvalue weighted by atomic mass is 16.2. The lowest BCUT2D eigenvalue weighted by Crippen LogP contribution is -2.47. The van der Waals surface area contributed by atoms with Crippen LogP contribution in [0, 0.1) is 5.41 Å². The second-order valence-corrected chi connectivity index (χ2v) is 11.5. The molecule has 0 bridgehead atoms. The molecule has 1 aromatic heterocycles. The van der Waals surface area contributed by atoms with Crippen LogP contribution in [-0.2, 0) is 45.1 Å². The minimum absolute atomic E-state index is 0.0646. The van der Waals surface area contributed by atoms with Crippen LogP contribution < -0.4 is 16.0 Å². The lowest BCUT2D eigenvalue weighted by atomic mass is 9.87. The Morgan fingerprint density at radius 2 is 1.68 bits per heavy atom. The van der Waals surface area contributed by atoms with Crippen LogP contribution in [-0.4, -0.2) is 65.1 Å². The molecule has 44 heavy (non-hydrogen) atoms. The highest BCUT2D eigenvalue weighted by Gasteiger charge is 2.44. The average Bonchev–Trinajstić information content (AvgIpc) is 3.42. The summed E-state index contributed by atoms with van der Waals surface area (Å²) in [6.07, 6.45) is 3.00. The summed E-state index contributed by atoms with van der Waals surface area (Å²) >= 11 is 0. The highest BCUT2D eigenvalue weighted by molar-refractivity contribution is 5.96. The maximum atomic E-state index is 14.0. The number of amides is 4. The van der Waals surface area contributed by atoms with Crippen molar-refractivity contribution in [2.75, 3.05) is 37.3 Å². The Kier molecular flexibility index (Phi) is 10.8. The third kappa shape index (κ3) is 8.29. The molecule has 1 fully saturated rings. The number of hydrogen-bond donors (Lipinski definition) is 3. The van der Waals surface area contributed by atoms with Gasteiger partial charge in [-0.2, -0.15) is 0 Å². The molecule has 4 amide bonds. The molecule has 2 heterocycles. The number of aryl methyl sites for hydroxylation is 1. The van der Waals surface area contributed by atoms with Crippen LogP contribution in [0.1, 0.15) is 49.4 Å². The third-order valence-electron chi connectivity index (χ3n) is 8.06. The predicted octanol–water partition coefficient (Wildman–Crippen LogP) is 3.77. The van der Waals surface area contributed by atoms with Crippen LogP contribution in [0.5, 0.6) is 0 Å². The number of benzene rings is 2.